The summed E-state index contributed by atoms with van der Waals surface area (Å²) in [6.45, 7) is 10.1. The second kappa shape index (κ2) is 14.7. The van der Waals surface area contributed by atoms with E-state index >= 15 is 0 Å². The average Bonchev–Trinajstić information content (AvgIpc) is 2.96. The summed E-state index contributed by atoms with van der Waals surface area (Å²) in [5, 5.41) is 2.90. The largest absolute Gasteiger partial charge is 0.494 e. The number of ether oxygens (including phenoxy) is 1. The summed E-state index contributed by atoms with van der Waals surface area (Å²) in [5.74, 6) is -0.185. The van der Waals surface area contributed by atoms with E-state index in [0.29, 0.717) is 24.6 Å². The van der Waals surface area contributed by atoms with E-state index in [4.69, 9.17) is 4.74 Å². The number of rotatable bonds is 14. The molecule has 41 heavy (non-hydrogen) atoms. The molecule has 3 aromatic carbocycles. The zero-order chi connectivity index (χ0) is 30.0. The molecule has 2 amide bonds. The molecule has 0 bridgehead atoms. The Bertz CT molecular complexity index is 1390. The number of anilines is 1. The molecule has 0 aliphatic rings. The Hall–Kier alpha value is -3.85. The monoisotopic (exact) mass is 579 g/mol. The minimum absolute atomic E-state index is 0.0697. The van der Waals surface area contributed by atoms with Gasteiger partial charge in [-0.05, 0) is 76.1 Å². The normalized spacial score (nSPS) is 11.9. The SMILES string of the molecule is CCCCNC(=O)[C@H](C)N(Cc1ccc(C)cc1)C(=O)CN(c1ccc(OCC)cc1)S(=O)(=O)c1ccc(C)cc1. The van der Waals surface area contributed by atoms with Gasteiger partial charge in [0.15, 0.2) is 0 Å². The fourth-order valence-corrected chi connectivity index (χ4v) is 5.66. The number of carbonyl (C=O) groups excluding carboxylic acids is 2. The molecule has 0 heterocycles. The Balaban J connectivity index is 2.00. The van der Waals surface area contributed by atoms with Crippen LogP contribution in [0.4, 0.5) is 5.69 Å². The highest BCUT2D eigenvalue weighted by molar-refractivity contribution is 7.92. The zero-order valence-corrected chi connectivity index (χ0v) is 25.4. The van der Waals surface area contributed by atoms with Gasteiger partial charge in [-0.2, -0.15) is 0 Å². The molecule has 0 radical (unpaired) electrons. The second-order valence-electron chi connectivity index (χ2n) is 10.1. The van der Waals surface area contributed by atoms with E-state index in [1.165, 1.54) is 17.0 Å². The Kier molecular flexibility index (Phi) is 11.3. The Labute approximate surface area is 244 Å². The van der Waals surface area contributed by atoms with Gasteiger partial charge in [0.2, 0.25) is 11.8 Å². The molecule has 0 saturated heterocycles. The van der Waals surface area contributed by atoms with Crippen molar-refractivity contribution in [3.63, 3.8) is 0 Å². The lowest BCUT2D eigenvalue weighted by molar-refractivity contribution is -0.139. The van der Waals surface area contributed by atoms with E-state index in [1.54, 1.807) is 43.3 Å². The van der Waals surface area contributed by atoms with Crippen LogP contribution >= 0.6 is 0 Å². The molecule has 0 aliphatic heterocycles. The van der Waals surface area contributed by atoms with Crippen LogP contribution in [0, 0.1) is 13.8 Å². The molecule has 0 aromatic heterocycles. The molecule has 0 aliphatic carbocycles. The first-order chi connectivity index (χ1) is 19.6. The number of hydrogen-bond acceptors (Lipinski definition) is 5. The van der Waals surface area contributed by atoms with Crippen LogP contribution in [0.5, 0.6) is 5.75 Å². The van der Waals surface area contributed by atoms with Crippen molar-refractivity contribution < 1.29 is 22.7 Å². The van der Waals surface area contributed by atoms with Crippen molar-refractivity contribution in [1.82, 2.24) is 10.2 Å². The van der Waals surface area contributed by atoms with E-state index < -0.39 is 28.5 Å². The first kappa shape index (κ1) is 31.7. The first-order valence-electron chi connectivity index (χ1n) is 14.0. The van der Waals surface area contributed by atoms with Crippen LogP contribution in [0.1, 0.15) is 50.3 Å². The lowest BCUT2D eigenvalue weighted by Crippen LogP contribution is -2.51. The third-order valence-electron chi connectivity index (χ3n) is 6.79. The molecule has 0 spiro atoms. The van der Waals surface area contributed by atoms with Crippen molar-refractivity contribution in [3.05, 3.63) is 89.5 Å². The van der Waals surface area contributed by atoms with Crippen LogP contribution in [0.3, 0.4) is 0 Å². The molecule has 0 saturated carbocycles. The first-order valence-corrected chi connectivity index (χ1v) is 15.5. The second-order valence-corrected chi connectivity index (χ2v) is 11.9. The molecule has 3 aromatic rings. The molecule has 0 fully saturated rings. The molecule has 1 atom stereocenters. The van der Waals surface area contributed by atoms with Crippen molar-refractivity contribution >= 4 is 27.5 Å². The minimum Gasteiger partial charge on any atom is -0.494 e. The molecular formula is C32H41N3O5S. The molecule has 220 valence electrons. The highest BCUT2D eigenvalue weighted by Gasteiger charge is 2.32. The van der Waals surface area contributed by atoms with Crippen LogP contribution in [0.25, 0.3) is 0 Å². The van der Waals surface area contributed by atoms with E-state index in [2.05, 4.69) is 5.32 Å². The van der Waals surface area contributed by atoms with Crippen LogP contribution in [-0.4, -0.2) is 50.9 Å². The van der Waals surface area contributed by atoms with Gasteiger partial charge in [-0.3, -0.25) is 13.9 Å². The number of aryl methyl sites for hydroxylation is 2. The Morgan fingerprint density at radius 3 is 2.02 bits per heavy atom. The molecule has 8 nitrogen and oxygen atoms in total. The number of benzene rings is 3. The fourth-order valence-electron chi connectivity index (χ4n) is 4.25. The predicted molar refractivity (Wildman–Crippen MR) is 162 cm³/mol. The van der Waals surface area contributed by atoms with Crippen molar-refractivity contribution in [2.24, 2.45) is 0 Å². The van der Waals surface area contributed by atoms with Crippen LogP contribution in [0.15, 0.2) is 77.7 Å². The molecule has 0 unspecified atom stereocenters. The number of sulfonamides is 1. The number of nitrogens with one attached hydrogen (secondary N) is 1. The highest BCUT2D eigenvalue weighted by atomic mass is 32.2. The van der Waals surface area contributed by atoms with Crippen LogP contribution in [0.2, 0.25) is 0 Å². The maximum atomic E-state index is 14.0. The third kappa shape index (κ3) is 8.57. The Morgan fingerprint density at radius 2 is 1.46 bits per heavy atom. The lowest BCUT2D eigenvalue weighted by Gasteiger charge is -2.32. The van der Waals surface area contributed by atoms with Crippen molar-refractivity contribution in [3.8, 4) is 5.75 Å². The van der Waals surface area contributed by atoms with Crippen molar-refractivity contribution in [1.29, 1.82) is 0 Å². The maximum absolute atomic E-state index is 14.0. The highest BCUT2D eigenvalue weighted by Crippen LogP contribution is 2.27. The molecule has 3 rings (SSSR count). The zero-order valence-electron chi connectivity index (χ0n) is 24.6. The van der Waals surface area contributed by atoms with Gasteiger partial charge in [0, 0.05) is 13.1 Å². The quantitative estimate of drug-likeness (QED) is 0.264. The Morgan fingerprint density at radius 1 is 0.878 bits per heavy atom. The summed E-state index contributed by atoms with van der Waals surface area (Å²) in [7, 11) is -4.12. The van der Waals surface area contributed by atoms with Crippen LogP contribution in [-0.2, 0) is 26.2 Å². The topological polar surface area (TPSA) is 96.0 Å². The predicted octanol–water partition coefficient (Wildman–Crippen LogP) is 5.23. The van der Waals surface area contributed by atoms with Gasteiger partial charge in [-0.15, -0.1) is 0 Å². The summed E-state index contributed by atoms with van der Waals surface area (Å²) in [6, 6.07) is 20.0. The summed E-state index contributed by atoms with van der Waals surface area (Å²) in [6.07, 6.45) is 1.75. The van der Waals surface area contributed by atoms with Gasteiger partial charge in [0.1, 0.15) is 18.3 Å². The minimum atomic E-state index is -4.12. The molecular weight excluding hydrogens is 538 g/mol. The van der Waals surface area contributed by atoms with E-state index in [0.717, 1.165) is 33.8 Å². The van der Waals surface area contributed by atoms with Gasteiger partial charge < -0.3 is 15.0 Å². The van der Waals surface area contributed by atoms with Crippen molar-refractivity contribution in [2.75, 3.05) is 24.0 Å². The van der Waals surface area contributed by atoms with E-state index in [9.17, 15) is 18.0 Å². The van der Waals surface area contributed by atoms with Crippen LogP contribution < -0.4 is 14.4 Å². The number of carbonyl (C=O) groups is 2. The lowest BCUT2D eigenvalue weighted by atomic mass is 10.1. The van der Waals surface area contributed by atoms with Gasteiger partial charge in [0.05, 0.1) is 17.2 Å². The summed E-state index contributed by atoms with van der Waals surface area (Å²) < 4.78 is 34.5. The summed E-state index contributed by atoms with van der Waals surface area (Å²) in [4.78, 5) is 28.6. The average molecular weight is 580 g/mol. The van der Waals surface area contributed by atoms with Gasteiger partial charge in [0.25, 0.3) is 10.0 Å². The smallest absolute Gasteiger partial charge is 0.264 e. The standard InChI is InChI=1S/C32H41N3O5S/c1-6-8-21-33-32(37)26(5)34(22-27-13-9-24(3)10-14-27)31(36)23-35(28-15-17-29(18-16-28)40-7-2)41(38,39)30-19-11-25(4)12-20-30/h9-20,26H,6-8,21-23H2,1-5H3,(H,33,37)/t26-/m0/s1. The number of unbranched alkanes of at least 4 members (excludes halogenated alkanes) is 1. The number of amides is 2. The van der Waals surface area contributed by atoms with Gasteiger partial charge in [-0.25, -0.2) is 8.42 Å². The summed E-state index contributed by atoms with van der Waals surface area (Å²) in [5.41, 5.74) is 3.14. The maximum Gasteiger partial charge on any atom is 0.264 e. The van der Waals surface area contributed by atoms with Crippen molar-refractivity contribution in [2.45, 2.75) is 64.9 Å². The number of hydrogen-bond donors (Lipinski definition) is 1. The van der Waals surface area contributed by atoms with Gasteiger partial charge >= 0.3 is 0 Å². The summed E-state index contributed by atoms with van der Waals surface area (Å²) >= 11 is 0. The number of nitrogens with zero attached hydrogens (tertiary/aromatic N) is 2. The third-order valence-corrected chi connectivity index (χ3v) is 8.58. The molecule has 1 N–H and O–H groups in total. The van der Waals surface area contributed by atoms with E-state index in [-0.39, 0.29) is 17.3 Å². The molecule has 9 heteroatoms. The van der Waals surface area contributed by atoms with E-state index in [1.807, 2.05) is 52.0 Å². The fraction of sp³-hybridized carbons (Fsp3) is 0.375. The van der Waals surface area contributed by atoms with Gasteiger partial charge in [-0.1, -0.05) is 60.9 Å².